The summed E-state index contributed by atoms with van der Waals surface area (Å²) < 4.78 is 3.50. The first-order valence-electron chi connectivity index (χ1n) is 9.20. The molecule has 7 nitrogen and oxygen atoms in total. The van der Waals surface area contributed by atoms with Crippen LogP contribution in [0.2, 0.25) is 10.0 Å². The molecule has 4 aromatic heterocycles. The van der Waals surface area contributed by atoms with Gasteiger partial charge in [-0.05, 0) is 17.7 Å². The number of aryl methyl sites for hydroxylation is 2. The van der Waals surface area contributed by atoms with Crippen LogP contribution in [0.1, 0.15) is 0 Å². The largest absolute Gasteiger partial charge is 0.353 e. The number of hydrogen-bond acceptors (Lipinski definition) is 4. The van der Waals surface area contributed by atoms with Crippen LogP contribution in [0.5, 0.6) is 0 Å². The van der Waals surface area contributed by atoms with Crippen LogP contribution in [-0.2, 0) is 14.1 Å². The van der Waals surface area contributed by atoms with Crippen LogP contribution in [-0.4, -0.2) is 29.5 Å². The zero-order chi connectivity index (χ0) is 20.8. The molecule has 150 valence electrons. The zero-order valence-electron chi connectivity index (χ0n) is 16.2. The maximum Gasteiger partial charge on any atom is 0.132 e. The highest BCUT2D eigenvalue weighted by molar-refractivity contribution is 6.38. The molecular weight excluding hydrogens is 421 g/mol. The number of nitrogens with zero attached hydrogens (tertiary/aromatic N) is 5. The lowest BCUT2D eigenvalue weighted by Crippen LogP contribution is -1.94. The second-order valence-electron chi connectivity index (χ2n) is 7.05. The van der Waals surface area contributed by atoms with E-state index >= 15 is 0 Å². The summed E-state index contributed by atoms with van der Waals surface area (Å²) >= 11 is 13.1. The summed E-state index contributed by atoms with van der Waals surface area (Å²) in [6.07, 6.45) is 9.18. The van der Waals surface area contributed by atoms with Crippen LogP contribution in [0.3, 0.4) is 0 Å². The number of aromatic amines is 1. The fourth-order valence-corrected chi connectivity index (χ4v) is 3.91. The molecule has 4 heterocycles. The van der Waals surface area contributed by atoms with Crippen molar-refractivity contribution in [3.63, 3.8) is 0 Å². The lowest BCUT2D eigenvalue weighted by atomic mass is 10.1. The summed E-state index contributed by atoms with van der Waals surface area (Å²) in [5, 5.41) is 13.8. The molecule has 0 aliphatic heterocycles. The molecule has 0 saturated carbocycles. The summed E-state index contributed by atoms with van der Waals surface area (Å²) in [5.74, 6) is 0.661. The van der Waals surface area contributed by atoms with Crippen LogP contribution >= 0.6 is 23.2 Å². The normalized spacial score (nSPS) is 11.3. The Bertz CT molecular complexity index is 1380. The smallest absolute Gasteiger partial charge is 0.132 e. The van der Waals surface area contributed by atoms with E-state index in [9.17, 15) is 0 Å². The molecule has 5 aromatic rings. The molecule has 0 amide bonds. The molecule has 9 heteroatoms. The van der Waals surface area contributed by atoms with Crippen molar-refractivity contribution >= 4 is 45.6 Å². The first kappa shape index (κ1) is 18.7. The monoisotopic (exact) mass is 437 g/mol. The maximum atomic E-state index is 6.56. The van der Waals surface area contributed by atoms with Gasteiger partial charge in [-0.15, -0.1) is 0 Å². The van der Waals surface area contributed by atoms with Gasteiger partial charge in [0, 0.05) is 55.3 Å². The number of hydrogen-bond donors (Lipinski definition) is 2. The number of rotatable bonds is 4. The van der Waals surface area contributed by atoms with E-state index < -0.39 is 0 Å². The van der Waals surface area contributed by atoms with Crippen LogP contribution in [0, 0.1) is 0 Å². The van der Waals surface area contributed by atoms with E-state index in [1.54, 1.807) is 21.8 Å². The van der Waals surface area contributed by atoms with Crippen molar-refractivity contribution in [2.75, 3.05) is 5.32 Å². The molecule has 30 heavy (non-hydrogen) atoms. The summed E-state index contributed by atoms with van der Waals surface area (Å²) in [4.78, 5) is 7.85. The Hall–Kier alpha value is -3.29. The Kier molecular flexibility index (Phi) is 4.49. The van der Waals surface area contributed by atoms with Crippen molar-refractivity contribution in [2.45, 2.75) is 0 Å². The Balaban J connectivity index is 1.45. The van der Waals surface area contributed by atoms with E-state index in [-0.39, 0.29) is 0 Å². The Morgan fingerprint density at radius 2 is 1.63 bits per heavy atom. The van der Waals surface area contributed by atoms with Crippen LogP contribution < -0.4 is 5.32 Å². The van der Waals surface area contributed by atoms with Crippen LogP contribution in [0.25, 0.3) is 33.3 Å². The summed E-state index contributed by atoms with van der Waals surface area (Å²) in [5.41, 5.74) is 5.38. The van der Waals surface area contributed by atoms with Gasteiger partial charge >= 0.3 is 0 Å². The highest BCUT2D eigenvalue weighted by Crippen LogP contribution is 2.36. The highest BCUT2D eigenvalue weighted by Gasteiger charge is 2.14. The molecule has 0 radical (unpaired) electrons. The number of H-pyrrole nitrogens is 1. The van der Waals surface area contributed by atoms with E-state index in [1.807, 2.05) is 57.0 Å². The van der Waals surface area contributed by atoms with Gasteiger partial charge in [-0.3, -0.25) is 9.36 Å². The summed E-state index contributed by atoms with van der Waals surface area (Å²) in [7, 11) is 3.75. The first-order valence-corrected chi connectivity index (χ1v) is 9.95. The molecule has 5 rings (SSSR count). The van der Waals surface area contributed by atoms with Crippen LogP contribution in [0.4, 0.5) is 11.5 Å². The van der Waals surface area contributed by atoms with Gasteiger partial charge in [0.15, 0.2) is 0 Å². The minimum Gasteiger partial charge on any atom is -0.353 e. The predicted octanol–water partition coefficient (Wildman–Crippen LogP) is 5.41. The van der Waals surface area contributed by atoms with Gasteiger partial charge in [0.05, 0.1) is 39.3 Å². The molecule has 0 atom stereocenters. The van der Waals surface area contributed by atoms with Crippen LogP contribution in [0.15, 0.2) is 55.2 Å². The second-order valence-corrected chi connectivity index (χ2v) is 7.84. The third-order valence-corrected chi connectivity index (χ3v) is 5.59. The average molecular weight is 438 g/mol. The minimum absolute atomic E-state index is 0.596. The molecule has 0 unspecified atom stereocenters. The number of anilines is 2. The van der Waals surface area contributed by atoms with Crippen molar-refractivity contribution in [1.29, 1.82) is 0 Å². The van der Waals surface area contributed by atoms with Gasteiger partial charge < -0.3 is 10.3 Å². The van der Waals surface area contributed by atoms with Crippen molar-refractivity contribution in [1.82, 2.24) is 29.5 Å². The number of nitrogens with one attached hydrogen (secondary N) is 2. The average Bonchev–Trinajstić information content (AvgIpc) is 3.43. The van der Waals surface area contributed by atoms with E-state index in [0.29, 0.717) is 15.9 Å². The zero-order valence-corrected chi connectivity index (χ0v) is 17.7. The van der Waals surface area contributed by atoms with Gasteiger partial charge in [0.1, 0.15) is 5.82 Å². The number of fused-ring (bicyclic) bond motifs is 1. The molecule has 2 N–H and O–H groups in total. The van der Waals surface area contributed by atoms with Crippen molar-refractivity contribution in [2.24, 2.45) is 14.1 Å². The maximum absolute atomic E-state index is 6.56. The third kappa shape index (κ3) is 3.32. The van der Waals surface area contributed by atoms with E-state index in [2.05, 4.69) is 25.5 Å². The number of halogens is 2. The molecule has 0 saturated heterocycles. The van der Waals surface area contributed by atoms with Crippen molar-refractivity contribution in [3.05, 3.63) is 65.3 Å². The summed E-state index contributed by atoms with van der Waals surface area (Å²) in [6, 6.07) is 7.74. The van der Waals surface area contributed by atoms with Gasteiger partial charge in [-0.25, -0.2) is 4.98 Å². The minimum atomic E-state index is 0.596. The Morgan fingerprint density at radius 3 is 2.30 bits per heavy atom. The number of aromatic nitrogens is 6. The van der Waals surface area contributed by atoms with Gasteiger partial charge in [0.2, 0.25) is 0 Å². The third-order valence-electron chi connectivity index (χ3n) is 4.88. The topological polar surface area (TPSA) is 76.3 Å². The van der Waals surface area contributed by atoms with Crippen molar-refractivity contribution in [3.8, 4) is 22.4 Å². The number of benzene rings is 1. The molecule has 0 bridgehead atoms. The molecular formula is C21H17Cl2N7. The van der Waals surface area contributed by atoms with E-state index in [1.165, 1.54) is 0 Å². The SMILES string of the molecule is Cn1cc(-c2ccc(Nc3cc4[nH]c(-c5cnn(C)c5)c(Cl)c4cn3)c(Cl)c2)cn1. The van der Waals surface area contributed by atoms with Crippen molar-refractivity contribution < 1.29 is 0 Å². The second kappa shape index (κ2) is 7.19. The lowest BCUT2D eigenvalue weighted by Gasteiger charge is -2.09. The lowest BCUT2D eigenvalue weighted by molar-refractivity contribution is 0.768. The highest BCUT2D eigenvalue weighted by atomic mass is 35.5. The predicted molar refractivity (Wildman–Crippen MR) is 120 cm³/mol. The molecule has 1 aromatic carbocycles. The Morgan fingerprint density at radius 1 is 0.900 bits per heavy atom. The fraction of sp³-hybridized carbons (Fsp3) is 0.0952. The van der Waals surface area contributed by atoms with E-state index in [4.69, 9.17) is 23.2 Å². The van der Waals surface area contributed by atoms with Gasteiger partial charge in [-0.2, -0.15) is 10.2 Å². The van der Waals surface area contributed by atoms with Gasteiger partial charge in [-0.1, -0.05) is 29.3 Å². The first-order chi connectivity index (χ1) is 14.5. The molecule has 0 fully saturated rings. The molecule has 0 spiro atoms. The van der Waals surface area contributed by atoms with Gasteiger partial charge in [0.25, 0.3) is 0 Å². The quantitative estimate of drug-likeness (QED) is 0.393. The fourth-order valence-electron chi connectivity index (χ4n) is 3.38. The number of pyridine rings is 1. The summed E-state index contributed by atoms with van der Waals surface area (Å²) in [6.45, 7) is 0. The standard InChI is InChI=1S/C21H17Cl2N7/c1-29-10-13(7-25-29)12-3-4-17(16(22)5-12)27-19-6-18-15(9-24-19)20(23)21(28-18)14-8-26-30(2)11-14/h3-11,28H,1-2H3,(H,24,27). The Labute approximate surface area is 182 Å². The van der Waals surface area contributed by atoms with E-state index in [0.717, 1.165) is 39.0 Å². The molecule has 0 aliphatic rings. The molecule has 0 aliphatic carbocycles.